The minimum Gasteiger partial charge on any atom is -0.488 e. The number of Topliss-reactive ketones (excluding diaryl/α,β-unsaturated/α-hetero) is 1. The molecular formula is C29H22N2O2. The molecule has 2 aromatic heterocycles. The van der Waals surface area contributed by atoms with Gasteiger partial charge >= 0.3 is 0 Å². The SMILES string of the molecule is O=C(Cc1cccnc1)c1ccc(-c2ccc3ccncc3c2)cc1OCc1ccccc1. The monoisotopic (exact) mass is 430 g/mol. The van der Waals surface area contributed by atoms with Crippen LogP contribution in [0.4, 0.5) is 0 Å². The number of benzene rings is 3. The lowest BCUT2D eigenvalue weighted by atomic mass is 9.97. The van der Waals surface area contributed by atoms with Crippen LogP contribution < -0.4 is 4.74 Å². The lowest BCUT2D eigenvalue weighted by Crippen LogP contribution is -2.07. The molecule has 0 fully saturated rings. The third-order valence-electron chi connectivity index (χ3n) is 5.58. The van der Waals surface area contributed by atoms with Crippen LogP contribution in [0.2, 0.25) is 0 Å². The summed E-state index contributed by atoms with van der Waals surface area (Å²) in [7, 11) is 0. The lowest BCUT2D eigenvalue weighted by molar-refractivity contribution is 0.0988. The molecule has 160 valence electrons. The van der Waals surface area contributed by atoms with E-state index < -0.39 is 0 Å². The van der Waals surface area contributed by atoms with Crippen molar-refractivity contribution >= 4 is 16.6 Å². The first-order valence-electron chi connectivity index (χ1n) is 10.8. The van der Waals surface area contributed by atoms with Crippen LogP contribution in [0.3, 0.4) is 0 Å². The average Bonchev–Trinajstić information content (AvgIpc) is 2.88. The Balaban J connectivity index is 1.49. The Bertz CT molecular complexity index is 1400. The van der Waals surface area contributed by atoms with Crippen molar-refractivity contribution in [3.8, 4) is 16.9 Å². The molecule has 4 heteroatoms. The smallest absolute Gasteiger partial charge is 0.171 e. The van der Waals surface area contributed by atoms with Gasteiger partial charge in [0.25, 0.3) is 0 Å². The zero-order chi connectivity index (χ0) is 22.5. The number of carbonyl (C=O) groups excluding carboxylic acids is 1. The molecule has 0 radical (unpaired) electrons. The number of pyridine rings is 2. The molecule has 0 aliphatic rings. The highest BCUT2D eigenvalue weighted by Gasteiger charge is 2.15. The zero-order valence-electron chi connectivity index (χ0n) is 18.0. The molecule has 5 aromatic rings. The summed E-state index contributed by atoms with van der Waals surface area (Å²) in [5.74, 6) is 0.580. The van der Waals surface area contributed by atoms with Crippen LogP contribution in [-0.2, 0) is 13.0 Å². The van der Waals surface area contributed by atoms with E-state index in [2.05, 4.69) is 28.2 Å². The van der Waals surface area contributed by atoms with E-state index in [4.69, 9.17) is 4.74 Å². The number of nitrogens with zero attached hydrogens (tertiary/aromatic N) is 2. The molecule has 0 aliphatic heterocycles. The summed E-state index contributed by atoms with van der Waals surface area (Å²) < 4.78 is 6.18. The molecule has 0 saturated carbocycles. The highest BCUT2D eigenvalue weighted by atomic mass is 16.5. The Labute approximate surface area is 192 Å². The molecule has 0 spiro atoms. The van der Waals surface area contributed by atoms with Crippen molar-refractivity contribution < 1.29 is 9.53 Å². The number of rotatable bonds is 7. The fourth-order valence-corrected chi connectivity index (χ4v) is 3.83. The van der Waals surface area contributed by atoms with Crippen LogP contribution in [0, 0.1) is 0 Å². The quantitative estimate of drug-likeness (QED) is 0.284. The van der Waals surface area contributed by atoms with E-state index in [1.165, 1.54) is 0 Å². The summed E-state index contributed by atoms with van der Waals surface area (Å²) in [5, 5.41) is 2.20. The molecule has 5 rings (SSSR count). The maximum absolute atomic E-state index is 13.2. The Kier molecular flexibility index (Phi) is 5.89. The van der Waals surface area contributed by atoms with E-state index in [-0.39, 0.29) is 12.2 Å². The highest BCUT2D eigenvalue weighted by Crippen LogP contribution is 2.31. The average molecular weight is 431 g/mol. The van der Waals surface area contributed by atoms with Crippen molar-refractivity contribution in [2.24, 2.45) is 0 Å². The van der Waals surface area contributed by atoms with Crippen LogP contribution in [0.25, 0.3) is 21.9 Å². The third kappa shape index (κ3) is 4.80. The van der Waals surface area contributed by atoms with E-state index in [1.54, 1.807) is 18.6 Å². The highest BCUT2D eigenvalue weighted by molar-refractivity contribution is 6.00. The van der Waals surface area contributed by atoms with E-state index in [0.29, 0.717) is 17.9 Å². The molecule has 0 atom stereocenters. The molecule has 33 heavy (non-hydrogen) atoms. The number of ketones is 1. The van der Waals surface area contributed by atoms with Gasteiger partial charge in [-0.1, -0.05) is 54.6 Å². The zero-order valence-corrected chi connectivity index (χ0v) is 18.0. The Morgan fingerprint density at radius 1 is 0.697 bits per heavy atom. The predicted molar refractivity (Wildman–Crippen MR) is 130 cm³/mol. The molecule has 3 aromatic carbocycles. The predicted octanol–water partition coefficient (Wildman–Crippen LogP) is 6.30. The van der Waals surface area contributed by atoms with E-state index >= 15 is 0 Å². The van der Waals surface area contributed by atoms with Gasteiger partial charge in [0.2, 0.25) is 0 Å². The molecule has 0 aliphatic carbocycles. The minimum absolute atomic E-state index is 0.000299. The van der Waals surface area contributed by atoms with Gasteiger partial charge in [-0.2, -0.15) is 0 Å². The topological polar surface area (TPSA) is 52.1 Å². The van der Waals surface area contributed by atoms with Gasteiger partial charge in [0, 0.05) is 36.6 Å². The molecule has 0 saturated heterocycles. The first kappa shape index (κ1) is 20.6. The van der Waals surface area contributed by atoms with Gasteiger partial charge < -0.3 is 4.74 Å². The maximum Gasteiger partial charge on any atom is 0.171 e. The lowest BCUT2D eigenvalue weighted by Gasteiger charge is -2.14. The van der Waals surface area contributed by atoms with Gasteiger partial charge in [-0.15, -0.1) is 0 Å². The van der Waals surface area contributed by atoms with E-state index in [0.717, 1.165) is 33.0 Å². The fourth-order valence-electron chi connectivity index (χ4n) is 3.83. The van der Waals surface area contributed by atoms with Gasteiger partial charge in [-0.25, -0.2) is 0 Å². The second-order valence-electron chi connectivity index (χ2n) is 7.88. The van der Waals surface area contributed by atoms with Crippen LogP contribution >= 0.6 is 0 Å². The number of hydrogen-bond acceptors (Lipinski definition) is 4. The second kappa shape index (κ2) is 9.45. The van der Waals surface area contributed by atoms with E-state index in [1.807, 2.05) is 72.9 Å². The first-order chi connectivity index (χ1) is 16.3. The largest absolute Gasteiger partial charge is 0.488 e. The second-order valence-corrected chi connectivity index (χ2v) is 7.88. The number of fused-ring (bicyclic) bond motifs is 1. The summed E-state index contributed by atoms with van der Waals surface area (Å²) >= 11 is 0. The number of hydrogen-bond donors (Lipinski definition) is 0. The van der Waals surface area contributed by atoms with Gasteiger partial charge in [0.15, 0.2) is 5.78 Å². The molecule has 0 bridgehead atoms. The van der Waals surface area contributed by atoms with Crippen LogP contribution in [-0.4, -0.2) is 15.8 Å². The van der Waals surface area contributed by atoms with Gasteiger partial charge in [0.1, 0.15) is 12.4 Å². The van der Waals surface area contributed by atoms with Gasteiger partial charge in [0.05, 0.1) is 5.56 Å². The summed E-state index contributed by atoms with van der Waals surface area (Å²) in [5.41, 5.74) is 4.53. The Hall–Kier alpha value is -4.31. The van der Waals surface area contributed by atoms with Crippen molar-refractivity contribution in [1.82, 2.24) is 9.97 Å². The summed E-state index contributed by atoms with van der Waals surface area (Å²) in [6.07, 6.45) is 7.35. The minimum atomic E-state index is 0.000299. The van der Waals surface area contributed by atoms with Gasteiger partial charge in [-0.05, 0) is 58.0 Å². The Morgan fingerprint density at radius 2 is 1.48 bits per heavy atom. The molecule has 2 heterocycles. The summed E-state index contributed by atoms with van der Waals surface area (Å²) in [4.78, 5) is 21.5. The van der Waals surface area contributed by atoms with E-state index in [9.17, 15) is 4.79 Å². The van der Waals surface area contributed by atoms with Gasteiger partial charge in [-0.3, -0.25) is 14.8 Å². The summed E-state index contributed by atoms with van der Waals surface area (Å²) in [6.45, 7) is 0.388. The van der Waals surface area contributed by atoms with Crippen LogP contribution in [0.1, 0.15) is 21.5 Å². The molecule has 0 amide bonds. The molecule has 4 nitrogen and oxygen atoms in total. The number of carbonyl (C=O) groups is 1. The maximum atomic E-state index is 13.2. The standard InChI is InChI=1S/C29H22N2O2/c32-28(15-22-7-4-13-30-18-22)27-11-10-25(17-29(27)33-20-21-5-2-1-3-6-21)24-9-8-23-12-14-31-19-26(23)16-24/h1-14,16-19H,15,20H2. The number of ether oxygens (including phenoxy) is 1. The molecule has 0 N–H and O–H groups in total. The molecular weight excluding hydrogens is 408 g/mol. The number of aromatic nitrogens is 2. The van der Waals surface area contributed by atoms with Crippen molar-refractivity contribution in [1.29, 1.82) is 0 Å². The molecule has 0 unspecified atom stereocenters. The first-order valence-corrected chi connectivity index (χ1v) is 10.8. The van der Waals surface area contributed by atoms with Crippen LogP contribution in [0.5, 0.6) is 5.75 Å². The van der Waals surface area contributed by atoms with Crippen molar-refractivity contribution in [2.45, 2.75) is 13.0 Å². The third-order valence-corrected chi connectivity index (χ3v) is 5.58. The Morgan fingerprint density at radius 3 is 2.33 bits per heavy atom. The van der Waals surface area contributed by atoms with Crippen LogP contribution in [0.15, 0.2) is 110 Å². The van der Waals surface area contributed by atoms with Crippen molar-refractivity contribution in [2.75, 3.05) is 0 Å². The van der Waals surface area contributed by atoms with Crippen molar-refractivity contribution in [3.63, 3.8) is 0 Å². The summed E-state index contributed by atoms with van der Waals surface area (Å²) in [6, 6.07) is 27.8. The normalized spacial score (nSPS) is 10.8. The fraction of sp³-hybridized carbons (Fsp3) is 0.0690. The van der Waals surface area contributed by atoms with Crippen molar-refractivity contribution in [3.05, 3.63) is 126 Å².